The van der Waals surface area contributed by atoms with Gasteiger partial charge in [-0.25, -0.2) is 0 Å². The molecule has 23 heavy (non-hydrogen) atoms. The van der Waals surface area contributed by atoms with Crippen molar-refractivity contribution in [1.82, 2.24) is 4.98 Å². The molecule has 0 spiro atoms. The van der Waals surface area contributed by atoms with Crippen molar-refractivity contribution in [1.29, 1.82) is 0 Å². The standard InChI is InChI=1S/C14H10F6N2O/c1-21-11-6-10(22-7-12(11)23-14(18,19)20)8-2-4-9(5-3-8)13(15,16)17/h2-7H,1H3,(H,21,22). The van der Waals surface area contributed by atoms with Gasteiger partial charge in [-0.05, 0) is 18.2 Å². The lowest BCUT2D eigenvalue weighted by Gasteiger charge is -2.14. The van der Waals surface area contributed by atoms with E-state index in [1.54, 1.807) is 0 Å². The molecule has 1 aromatic heterocycles. The van der Waals surface area contributed by atoms with Crippen LogP contribution in [0.1, 0.15) is 5.56 Å². The largest absolute Gasteiger partial charge is 0.573 e. The monoisotopic (exact) mass is 336 g/mol. The normalized spacial score (nSPS) is 12.1. The molecule has 0 atom stereocenters. The Morgan fingerprint density at radius 1 is 1.00 bits per heavy atom. The van der Waals surface area contributed by atoms with E-state index in [1.807, 2.05) is 0 Å². The number of hydrogen-bond donors (Lipinski definition) is 1. The molecular weight excluding hydrogens is 326 g/mol. The van der Waals surface area contributed by atoms with Gasteiger partial charge in [0.2, 0.25) is 0 Å². The number of anilines is 1. The second kappa shape index (κ2) is 5.98. The zero-order chi connectivity index (χ0) is 17.3. The van der Waals surface area contributed by atoms with Crippen LogP contribution in [0, 0.1) is 0 Å². The fraction of sp³-hybridized carbons (Fsp3) is 0.214. The Hall–Kier alpha value is -2.45. The van der Waals surface area contributed by atoms with E-state index >= 15 is 0 Å². The third-order valence-electron chi connectivity index (χ3n) is 2.87. The van der Waals surface area contributed by atoms with E-state index in [9.17, 15) is 26.3 Å². The molecule has 0 aliphatic heterocycles. The highest BCUT2D eigenvalue weighted by molar-refractivity contribution is 5.68. The maximum Gasteiger partial charge on any atom is 0.573 e. The van der Waals surface area contributed by atoms with Gasteiger partial charge in [0.1, 0.15) is 0 Å². The van der Waals surface area contributed by atoms with Crippen LogP contribution in [0.2, 0.25) is 0 Å². The summed E-state index contributed by atoms with van der Waals surface area (Å²) in [5.74, 6) is -0.532. The Bertz CT molecular complexity index is 679. The molecule has 0 bridgehead atoms. The minimum absolute atomic E-state index is 0.00669. The smallest absolute Gasteiger partial charge is 0.402 e. The van der Waals surface area contributed by atoms with Gasteiger partial charge < -0.3 is 10.1 Å². The number of rotatable bonds is 3. The Morgan fingerprint density at radius 3 is 2.09 bits per heavy atom. The summed E-state index contributed by atoms with van der Waals surface area (Å²) < 4.78 is 78.1. The molecule has 9 heteroatoms. The van der Waals surface area contributed by atoms with Crippen molar-refractivity contribution in [2.75, 3.05) is 12.4 Å². The van der Waals surface area contributed by atoms with Crippen molar-refractivity contribution in [2.45, 2.75) is 12.5 Å². The minimum Gasteiger partial charge on any atom is -0.402 e. The van der Waals surface area contributed by atoms with Gasteiger partial charge in [-0.15, -0.1) is 13.2 Å². The Morgan fingerprint density at radius 2 is 1.61 bits per heavy atom. The number of nitrogens with zero attached hydrogens (tertiary/aromatic N) is 1. The molecular formula is C14H10F6N2O. The quantitative estimate of drug-likeness (QED) is 0.825. The second-order valence-electron chi connectivity index (χ2n) is 4.44. The number of hydrogen-bond acceptors (Lipinski definition) is 3. The van der Waals surface area contributed by atoms with Crippen LogP contribution in [-0.2, 0) is 6.18 Å². The molecule has 0 saturated carbocycles. The number of pyridine rings is 1. The summed E-state index contributed by atoms with van der Waals surface area (Å²) in [6.07, 6.45) is -8.48. The Balaban J connectivity index is 2.34. The topological polar surface area (TPSA) is 34.2 Å². The van der Waals surface area contributed by atoms with Crippen molar-refractivity contribution in [3.05, 3.63) is 42.1 Å². The maximum atomic E-state index is 12.5. The fourth-order valence-electron chi connectivity index (χ4n) is 1.83. The van der Waals surface area contributed by atoms with Gasteiger partial charge >= 0.3 is 12.5 Å². The van der Waals surface area contributed by atoms with E-state index in [0.29, 0.717) is 5.56 Å². The molecule has 0 radical (unpaired) electrons. The summed E-state index contributed by atoms with van der Waals surface area (Å²) >= 11 is 0. The summed E-state index contributed by atoms with van der Waals surface area (Å²) in [5.41, 5.74) is -0.287. The predicted molar refractivity (Wildman–Crippen MR) is 70.9 cm³/mol. The number of benzene rings is 1. The second-order valence-corrected chi connectivity index (χ2v) is 4.44. The summed E-state index contributed by atoms with van der Waals surface area (Å²) in [4.78, 5) is 3.79. The predicted octanol–water partition coefficient (Wildman–Crippen LogP) is 4.71. The van der Waals surface area contributed by atoms with Gasteiger partial charge in [-0.3, -0.25) is 4.98 Å². The molecule has 124 valence electrons. The Labute approximate surface area is 126 Å². The maximum absolute atomic E-state index is 12.5. The van der Waals surface area contributed by atoms with Gasteiger partial charge in [-0.1, -0.05) is 12.1 Å². The SMILES string of the molecule is CNc1cc(-c2ccc(C(F)(F)F)cc2)ncc1OC(F)(F)F. The first-order chi connectivity index (χ1) is 10.6. The summed E-state index contributed by atoms with van der Waals surface area (Å²) in [5, 5.41) is 2.52. The van der Waals surface area contributed by atoms with E-state index in [2.05, 4.69) is 15.0 Å². The van der Waals surface area contributed by atoms with Crippen molar-refractivity contribution >= 4 is 5.69 Å². The Kier molecular flexibility index (Phi) is 4.39. The summed E-state index contributed by atoms with van der Waals surface area (Å²) in [7, 11) is 1.38. The molecule has 0 aliphatic rings. The van der Waals surface area contributed by atoms with Crippen molar-refractivity contribution in [3.8, 4) is 17.0 Å². The zero-order valence-electron chi connectivity index (χ0n) is 11.6. The van der Waals surface area contributed by atoms with Crippen LogP contribution in [0.25, 0.3) is 11.3 Å². The van der Waals surface area contributed by atoms with Crippen molar-refractivity contribution in [3.63, 3.8) is 0 Å². The lowest BCUT2D eigenvalue weighted by atomic mass is 10.1. The van der Waals surface area contributed by atoms with Crippen LogP contribution in [0.3, 0.4) is 0 Å². The third kappa shape index (κ3) is 4.27. The van der Waals surface area contributed by atoms with Crippen molar-refractivity contribution in [2.24, 2.45) is 0 Å². The zero-order valence-corrected chi connectivity index (χ0v) is 11.6. The van der Waals surface area contributed by atoms with Crippen LogP contribution >= 0.6 is 0 Å². The molecule has 1 heterocycles. The van der Waals surface area contributed by atoms with E-state index in [4.69, 9.17) is 0 Å². The fourth-order valence-corrected chi connectivity index (χ4v) is 1.83. The van der Waals surface area contributed by atoms with Crippen molar-refractivity contribution < 1.29 is 31.1 Å². The van der Waals surface area contributed by atoms with E-state index < -0.39 is 23.9 Å². The molecule has 2 rings (SSSR count). The average Bonchev–Trinajstić information content (AvgIpc) is 2.45. The minimum atomic E-state index is -4.87. The number of aromatic nitrogens is 1. The van der Waals surface area contributed by atoms with Gasteiger partial charge in [0, 0.05) is 12.6 Å². The molecule has 1 aromatic carbocycles. The van der Waals surface area contributed by atoms with Gasteiger partial charge in [0.05, 0.1) is 23.1 Å². The number of alkyl halides is 6. The lowest BCUT2D eigenvalue weighted by Crippen LogP contribution is -2.18. The van der Waals surface area contributed by atoms with E-state index in [1.165, 1.54) is 25.2 Å². The van der Waals surface area contributed by atoms with Gasteiger partial charge in [0.25, 0.3) is 0 Å². The molecule has 1 N–H and O–H groups in total. The molecule has 3 nitrogen and oxygen atoms in total. The number of nitrogens with one attached hydrogen (secondary N) is 1. The highest BCUT2D eigenvalue weighted by atomic mass is 19.4. The summed E-state index contributed by atoms with van der Waals surface area (Å²) in [6, 6.07) is 5.37. The van der Waals surface area contributed by atoms with E-state index in [-0.39, 0.29) is 11.4 Å². The van der Waals surface area contributed by atoms with Gasteiger partial charge in [0.15, 0.2) is 5.75 Å². The number of ether oxygens (including phenoxy) is 1. The first-order valence-corrected chi connectivity index (χ1v) is 6.21. The first kappa shape index (κ1) is 16.9. The molecule has 0 saturated heterocycles. The summed E-state index contributed by atoms with van der Waals surface area (Å²) in [6.45, 7) is 0. The van der Waals surface area contributed by atoms with E-state index in [0.717, 1.165) is 18.3 Å². The number of halogens is 6. The molecule has 0 unspecified atom stereocenters. The average molecular weight is 336 g/mol. The molecule has 0 fully saturated rings. The lowest BCUT2D eigenvalue weighted by molar-refractivity contribution is -0.274. The van der Waals surface area contributed by atoms with Crippen LogP contribution in [0.5, 0.6) is 5.75 Å². The van der Waals surface area contributed by atoms with Crippen LogP contribution in [0.15, 0.2) is 36.5 Å². The highest BCUT2D eigenvalue weighted by Gasteiger charge is 2.32. The molecule has 2 aromatic rings. The van der Waals surface area contributed by atoms with Crippen LogP contribution in [0.4, 0.5) is 32.0 Å². The van der Waals surface area contributed by atoms with Crippen LogP contribution in [-0.4, -0.2) is 18.4 Å². The van der Waals surface area contributed by atoms with Gasteiger partial charge in [-0.2, -0.15) is 13.2 Å². The molecule has 0 aliphatic carbocycles. The first-order valence-electron chi connectivity index (χ1n) is 6.21. The van der Waals surface area contributed by atoms with Crippen LogP contribution < -0.4 is 10.1 Å². The third-order valence-corrected chi connectivity index (χ3v) is 2.87. The molecule has 0 amide bonds. The highest BCUT2D eigenvalue weighted by Crippen LogP contribution is 2.34.